The van der Waals surface area contributed by atoms with E-state index in [4.69, 9.17) is 0 Å². The largest absolute Gasteiger partial charge is 0.350 e. The molecule has 0 aliphatic carbocycles. The van der Waals surface area contributed by atoms with E-state index < -0.39 is 5.54 Å². The number of imide groups is 1. The zero-order valence-corrected chi connectivity index (χ0v) is 18.0. The third-order valence-electron chi connectivity index (χ3n) is 5.32. The molecular weight excluding hydrogens is 400 g/mol. The molecule has 0 unspecified atom stereocenters. The van der Waals surface area contributed by atoms with E-state index in [1.54, 1.807) is 16.2 Å². The molecule has 1 aromatic heterocycles. The summed E-state index contributed by atoms with van der Waals surface area (Å²) in [6.07, 6.45) is 2.04. The van der Waals surface area contributed by atoms with Gasteiger partial charge >= 0.3 is 6.03 Å². The minimum Gasteiger partial charge on any atom is -0.350 e. The second kappa shape index (κ2) is 9.71. The summed E-state index contributed by atoms with van der Waals surface area (Å²) in [5, 5.41) is 8.01. The third-order valence-corrected chi connectivity index (χ3v) is 6.20. The van der Waals surface area contributed by atoms with Gasteiger partial charge in [-0.1, -0.05) is 19.9 Å². The van der Waals surface area contributed by atoms with Crippen molar-refractivity contribution in [2.24, 2.45) is 5.92 Å². The molecule has 2 aliphatic heterocycles. The van der Waals surface area contributed by atoms with Gasteiger partial charge in [-0.25, -0.2) is 4.79 Å². The van der Waals surface area contributed by atoms with Gasteiger partial charge in [0.2, 0.25) is 5.91 Å². The van der Waals surface area contributed by atoms with E-state index in [0.717, 1.165) is 16.2 Å². The number of piperidine rings is 1. The van der Waals surface area contributed by atoms with Crippen LogP contribution in [-0.2, 0) is 16.1 Å². The number of halogens is 1. The molecule has 0 atom stereocenters. The number of hydrogen-bond acceptors (Lipinski definition) is 5. The number of urea groups is 1. The highest BCUT2D eigenvalue weighted by atomic mass is 35.5. The number of nitrogens with zero attached hydrogens (tertiary/aromatic N) is 2. The second-order valence-electron chi connectivity index (χ2n) is 7.65. The van der Waals surface area contributed by atoms with Crippen LogP contribution in [0.2, 0.25) is 0 Å². The van der Waals surface area contributed by atoms with Crippen molar-refractivity contribution in [2.75, 3.05) is 26.2 Å². The summed E-state index contributed by atoms with van der Waals surface area (Å²) in [6.45, 7) is 6.37. The molecule has 9 heteroatoms. The number of rotatable bonds is 7. The molecule has 3 heterocycles. The Morgan fingerprint density at radius 3 is 2.64 bits per heavy atom. The van der Waals surface area contributed by atoms with Crippen LogP contribution in [0.4, 0.5) is 4.79 Å². The van der Waals surface area contributed by atoms with Crippen molar-refractivity contribution in [1.82, 2.24) is 20.4 Å². The number of nitrogens with one attached hydrogen (secondary N) is 2. The summed E-state index contributed by atoms with van der Waals surface area (Å²) in [6, 6.07) is 3.54. The molecule has 2 fully saturated rings. The van der Waals surface area contributed by atoms with E-state index in [1.807, 2.05) is 17.5 Å². The molecule has 0 radical (unpaired) electrons. The smallest absolute Gasteiger partial charge is 0.328 e. The van der Waals surface area contributed by atoms with Gasteiger partial charge in [-0.2, -0.15) is 0 Å². The number of hydrogen-bond donors (Lipinski definition) is 2. The quantitative estimate of drug-likeness (QED) is 0.652. The average molecular weight is 429 g/mol. The molecule has 2 saturated heterocycles. The van der Waals surface area contributed by atoms with Crippen LogP contribution < -0.4 is 10.6 Å². The van der Waals surface area contributed by atoms with Crippen LogP contribution in [0.1, 0.15) is 38.0 Å². The molecule has 28 heavy (non-hydrogen) atoms. The molecule has 2 aliphatic rings. The van der Waals surface area contributed by atoms with Crippen LogP contribution in [0.5, 0.6) is 0 Å². The lowest BCUT2D eigenvalue weighted by Crippen LogP contribution is -2.56. The minimum atomic E-state index is -0.786. The summed E-state index contributed by atoms with van der Waals surface area (Å²) in [5.41, 5.74) is -0.786. The fraction of sp³-hybridized carbons (Fsp3) is 0.632. The molecule has 156 valence electrons. The van der Waals surface area contributed by atoms with E-state index in [0.29, 0.717) is 44.9 Å². The first kappa shape index (κ1) is 22.6. The number of amides is 4. The van der Waals surface area contributed by atoms with E-state index in [2.05, 4.69) is 24.5 Å². The Bertz CT molecular complexity index is 689. The maximum absolute atomic E-state index is 13.2. The standard InChI is InChI=1S/C19H28N4O3S.ClH/c1-14(2)5-10-23-18(26)22(17(25)19(23)6-8-20-9-7-19)13-16(24)21-12-15-4-3-11-27-15;/h3-4,11,14,20H,5-10,12-13H2,1-2H3,(H,21,24);1H. The Morgan fingerprint density at radius 1 is 1.32 bits per heavy atom. The van der Waals surface area contributed by atoms with Gasteiger partial charge in [-0.3, -0.25) is 14.5 Å². The van der Waals surface area contributed by atoms with Gasteiger partial charge in [-0.15, -0.1) is 23.7 Å². The van der Waals surface area contributed by atoms with Gasteiger partial charge in [0, 0.05) is 11.4 Å². The Kier molecular flexibility index (Phi) is 7.86. The van der Waals surface area contributed by atoms with Crippen molar-refractivity contribution >= 4 is 41.6 Å². The highest BCUT2D eigenvalue weighted by Crippen LogP contribution is 2.36. The fourth-order valence-corrected chi connectivity index (χ4v) is 4.39. The number of carbonyl (C=O) groups is 3. The fourth-order valence-electron chi connectivity index (χ4n) is 3.74. The molecular formula is C19H29ClN4O3S. The summed E-state index contributed by atoms with van der Waals surface area (Å²) in [7, 11) is 0. The molecule has 3 rings (SSSR count). The van der Waals surface area contributed by atoms with Gasteiger partial charge in [0.25, 0.3) is 5.91 Å². The van der Waals surface area contributed by atoms with Crippen LogP contribution in [0, 0.1) is 5.92 Å². The molecule has 1 spiro atoms. The minimum absolute atomic E-state index is 0. The van der Waals surface area contributed by atoms with Gasteiger partial charge in [0.1, 0.15) is 12.1 Å². The van der Waals surface area contributed by atoms with E-state index in [-0.39, 0.29) is 36.8 Å². The molecule has 1 aromatic rings. The summed E-state index contributed by atoms with van der Waals surface area (Å²) >= 11 is 1.56. The van der Waals surface area contributed by atoms with Crippen molar-refractivity contribution in [3.05, 3.63) is 22.4 Å². The summed E-state index contributed by atoms with van der Waals surface area (Å²) in [4.78, 5) is 42.4. The first-order valence-electron chi connectivity index (χ1n) is 9.57. The van der Waals surface area contributed by atoms with Gasteiger partial charge < -0.3 is 15.5 Å². The Hall–Kier alpha value is -1.64. The molecule has 0 aromatic carbocycles. The van der Waals surface area contributed by atoms with Crippen molar-refractivity contribution in [3.63, 3.8) is 0 Å². The number of thiophene rings is 1. The zero-order chi connectivity index (χ0) is 19.4. The average Bonchev–Trinajstić information content (AvgIpc) is 3.23. The summed E-state index contributed by atoms with van der Waals surface area (Å²) in [5.74, 6) is -0.0845. The highest BCUT2D eigenvalue weighted by Gasteiger charge is 2.57. The van der Waals surface area contributed by atoms with Crippen LogP contribution in [0.15, 0.2) is 17.5 Å². The lowest BCUT2D eigenvalue weighted by atomic mass is 9.86. The van der Waals surface area contributed by atoms with E-state index in [1.165, 1.54) is 0 Å². The number of carbonyl (C=O) groups excluding carboxylic acids is 3. The van der Waals surface area contributed by atoms with Crippen molar-refractivity contribution in [3.8, 4) is 0 Å². The van der Waals surface area contributed by atoms with Crippen LogP contribution in [-0.4, -0.2) is 59.4 Å². The van der Waals surface area contributed by atoms with Gasteiger partial charge in [-0.05, 0) is 49.7 Å². The van der Waals surface area contributed by atoms with Crippen LogP contribution in [0.3, 0.4) is 0 Å². The van der Waals surface area contributed by atoms with Crippen molar-refractivity contribution in [2.45, 2.75) is 45.2 Å². The first-order chi connectivity index (χ1) is 12.9. The van der Waals surface area contributed by atoms with E-state index in [9.17, 15) is 14.4 Å². The summed E-state index contributed by atoms with van der Waals surface area (Å²) < 4.78 is 0. The second-order valence-corrected chi connectivity index (χ2v) is 8.68. The monoisotopic (exact) mass is 428 g/mol. The Morgan fingerprint density at radius 2 is 2.04 bits per heavy atom. The normalized spacial score (nSPS) is 18.7. The maximum atomic E-state index is 13.2. The third kappa shape index (κ3) is 4.67. The topological polar surface area (TPSA) is 81.8 Å². The maximum Gasteiger partial charge on any atom is 0.328 e. The predicted octanol–water partition coefficient (Wildman–Crippen LogP) is 2.22. The Labute approximate surface area is 176 Å². The van der Waals surface area contributed by atoms with Crippen LogP contribution in [0.25, 0.3) is 0 Å². The Balaban J connectivity index is 0.00000280. The lowest BCUT2D eigenvalue weighted by molar-refractivity contribution is -0.137. The van der Waals surface area contributed by atoms with Gasteiger partial charge in [0.15, 0.2) is 0 Å². The molecule has 0 saturated carbocycles. The highest BCUT2D eigenvalue weighted by molar-refractivity contribution is 7.09. The molecule has 0 bridgehead atoms. The molecule has 2 N–H and O–H groups in total. The zero-order valence-electron chi connectivity index (χ0n) is 16.4. The lowest BCUT2D eigenvalue weighted by Gasteiger charge is -2.38. The van der Waals surface area contributed by atoms with Gasteiger partial charge in [0.05, 0.1) is 6.54 Å². The molecule has 4 amide bonds. The van der Waals surface area contributed by atoms with Crippen molar-refractivity contribution in [1.29, 1.82) is 0 Å². The van der Waals surface area contributed by atoms with Crippen molar-refractivity contribution < 1.29 is 14.4 Å². The SMILES string of the molecule is CC(C)CCN1C(=O)N(CC(=O)NCc2cccs2)C(=O)C12CCNCC2.Cl. The van der Waals surface area contributed by atoms with E-state index >= 15 is 0 Å². The van der Waals surface area contributed by atoms with Crippen LogP contribution >= 0.6 is 23.7 Å². The predicted molar refractivity (Wildman–Crippen MR) is 112 cm³/mol. The molecule has 7 nitrogen and oxygen atoms in total. The first-order valence-corrected chi connectivity index (χ1v) is 10.5.